The molecule has 0 N–H and O–H groups in total. The van der Waals surface area contributed by atoms with Crippen molar-refractivity contribution >= 4 is 22.7 Å². The Morgan fingerprint density at radius 2 is 1.71 bits per heavy atom. The first-order chi connectivity index (χ1) is 7.91. The normalized spacial score (nSPS) is 12.0. The Morgan fingerprint density at radius 3 is 2.24 bits per heavy atom. The van der Waals surface area contributed by atoms with Crippen LogP contribution in [0.25, 0.3) is 11.1 Å². The quantitative estimate of drug-likeness (QED) is 0.748. The number of fused-ring (bicyclic) bond motifs is 1. The average molecular weight is 252 g/mol. The number of aromatic nitrogens is 1. The van der Waals surface area contributed by atoms with Gasteiger partial charge in [-0.1, -0.05) is 39.3 Å². The van der Waals surface area contributed by atoms with Crippen LogP contribution >= 0.6 is 11.6 Å². The number of rotatable bonds is 2. The average Bonchev–Trinajstić information content (AvgIpc) is 2.54. The Morgan fingerprint density at radius 1 is 1.12 bits per heavy atom. The second kappa shape index (κ2) is 4.34. The van der Waals surface area contributed by atoms with Crippen LogP contribution in [0.2, 0.25) is 5.02 Å². The highest BCUT2D eigenvalue weighted by Crippen LogP contribution is 2.38. The third-order valence-corrected chi connectivity index (χ3v) is 3.28. The molecule has 1 heterocycles. The van der Waals surface area contributed by atoms with E-state index in [9.17, 15) is 0 Å². The highest BCUT2D eigenvalue weighted by Gasteiger charge is 2.20. The molecule has 2 aromatic rings. The van der Waals surface area contributed by atoms with E-state index in [-0.39, 0.29) is 0 Å². The number of aryl methyl sites for hydroxylation is 1. The van der Waals surface area contributed by atoms with Crippen LogP contribution in [0.5, 0.6) is 0 Å². The second-order valence-corrected chi connectivity index (χ2v) is 5.48. The Kier molecular flexibility index (Phi) is 3.17. The Hall–Kier alpha value is -1.02. The monoisotopic (exact) mass is 251 g/mol. The number of halogens is 1. The summed E-state index contributed by atoms with van der Waals surface area (Å²) in [6.45, 7) is 10.5. The molecule has 0 aliphatic rings. The summed E-state index contributed by atoms with van der Waals surface area (Å²) in [6.07, 6.45) is 0. The van der Waals surface area contributed by atoms with E-state index in [1.165, 1.54) is 11.1 Å². The van der Waals surface area contributed by atoms with Crippen molar-refractivity contribution < 1.29 is 4.42 Å². The third kappa shape index (κ3) is 2.06. The van der Waals surface area contributed by atoms with Gasteiger partial charge in [0.1, 0.15) is 5.52 Å². The smallest absolute Gasteiger partial charge is 0.192 e. The van der Waals surface area contributed by atoms with Gasteiger partial charge in [0.15, 0.2) is 11.5 Å². The summed E-state index contributed by atoms with van der Waals surface area (Å²) in [5.74, 6) is 1.45. The van der Waals surface area contributed by atoms with Gasteiger partial charge in [0, 0.05) is 17.5 Å². The predicted octanol–water partition coefficient (Wildman–Crippen LogP) is 5.04. The molecule has 2 nitrogen and oxygen atoms in total. The lowest BCUT2D eigenvalue weighted by molar-refractivity contribution is 0.554. The lowest BCUT2D eigenvalue weighted by atomic mass is 9.90. The SMILES string of the molecule is Cc1nc2cc(Cl)c(C(C)C)c(C(C)C)c2o1. The first kappa shape index (κ1) is 12.4. The lowest BCUT2D eigenvalue weighted by Gasteiger charge is -2.17. The summed E-state index contributed by atoms with van der Waals surface area (Å²) >= 11 is 6.38. The minimum Gasteiger partial charge on any atom is -0.441 e. The zero-order valence-electron chi connectivity index (χ0n) is 11.0. The molecular weight excluding hydrogens is 234 g/mol. The van der Waals surface area contributed by atoms with Gasteiger partial charge >= 0.3 is 0 Å². The van der Waals surface area contributed by atoms with Gasteiger partial charge < -0.3 is 4.42 Å². The summed E-state index contributed by atoms with van der Waals surface area (Å²) in [7, 11) is 0. The largest absolute Gasteiger partial charge is 0.441 e. The van der Waals surface area contributed by atoms with E-state index in [1.807, 2.05) is 13.0 Å². The van der Waals surface area contributed by atoms with Crippen LogP contribution in [0.3, 0.4) is 0 Å². The zero-order chi connectivity index (χ0) is 12.7. The van der Waals surface area contributed by atoms with E-state index in [0.29, 0.717) is 17.7 Å². The van der Waals surface area contributed by atoms with Crippen LogP contribution in [-0.4, -0.2) is 4.98 Å². The molecule has 0 bridgehead atoms. The Balaban J connectivity index is 2.87. The number of nitrogens with zero attached hydrogens (tertiary/aromatic N) is 1. The molecule has 1 aromatic heterocycles. The van der Waals surface area contributed by atoms with Gasteiger partial charge in [-0.3, -0.25) is 0 Å². The van der Waals surface area contributed by atoms with Crippen molar-refractivity contribution in [3.63, 3.8) is 0 Å². The lowest BCUT2D eigenvalue weighted by Crippen LogP contribution is -2.00. The van der Waals surface area contributed by atoms with Crippen LogP contribution in [0.1, 0.15) is 56.5 Å². The summed E-state index contributed by atoms with van der Waals surface area (Å²) in [5, 5.41) is 0.796. The number of hydrogen-bond donors (Lipinski definition) is 0. The van der Waals surface area contributed by atoms with Crippen molar-refractivity contribution in [2.75, 3.05) is 0 Å². The minimum atomic E-state index is 0.376. The van der Waals surface area contributed by atoms with Gasteiger partial charge in [-0.05, 0) is 23.5 Å². The highest BCUT2D eigenvalue weighted by atomic mass is 35.5. The molecule has 0 amide bonds. The molecule has 0 unspecified atom stereocenters. The molecule has 92 valence electrons. The summed E-state index contributed by atoms with van der Waals surface area (Å²) < 4.78 is 5.74. The van der Waals surface area contributed by atoms with Gasteiger partial charge in [0.25, 0.3) is 0 Å². The van der Waals surface area contributed by atoms with Crippen LogP contribution in [0, 0.1) is 6.92 Å². The van der Waals surface area contributed by atoms with E-state index in [2.05, 4.69) is 32.7 Å². The van der Waals surface area contributed by atoms with Crippen molar-refractivity contribution in [1.29, 1.82) is 0 Å². The predicted molar refractivity (Wildman–Crippen MR) is 71.9 cm³/mol. The summed E-state index contributed by atoms with van der Waals surface area (Å²) in [4.78, 5) is 4.37. The maximum absolute atomic E-state index is 6.38. The first-order valence-electron chi connectivity index (χ1n) is 6.01. The first-order valence-corrected chi connectivity index (χ1v) is 6.39. The van der Waals surface area contributed by atoms with E-state index in [1.54, 1.807) is 0 Å². The van der Waals surface area contributed by atoms with Gasteiger partial charge in [0.2, 0.25) is 0 Å². The van der Waals surface area contributed by atoms with Gasteiger partial charge in [-0.2, -0.15) is 0 Å². The van der Waals surface area contributed by atoms with Crippen molar-refractivity contribution in [2.24, 2.45) is 0 Å². The standard InChI is InChI=1S/C14H18ClNO/c1-7(2)12-10(15)6-11-14(13(12)8(3)4)17-9(5)16-11/h6-8H,1-5H3. The van der Waals surface area contributed by atoms with E-state index < -0.39 is 0 Å². The number of hydrogen-bond acceptors (Lipinski definition) is 2. The van der Waals surface area contributed by atoms with Gasteiger partial charge in [0.05, 0.1) is 0 Å². The molecule has 0 aliphatic heterocycles. The molecule has 0 radical (unpaired) electrons. The van der Waals surface area contributed by atoms with E-state index in [0.717, 1.165) is 16.1 Å². The fourth-order valence-corrected chi connectivity index (χ4v) is 2.77. The fourth-order valence-electron chi connectivity index (χ4n) is 2.34. The van der Waals surface area contributed by atoms with Crippen molar-refractivity contribution in [3.8, 4) is 0 Å². The molecule has 0 spiro atoms. The molecular formula is C14H18ClNO. The van der Waals surface area contributed by atoms with Gasteiger partial charge in [-0.15, -0.1) is 0 Å². The van der Waals surface area contributed by atoms with Crippen LogP contribution in [0.15, 0.2) is 10.5 Å². The number of oxazole rings is 1. The summed E-state index contributed by atoms with van der Waals surface area (Å²) in [6, 6.07) is 1.91. The molecule has 0 saturated heterocycles. The van der Waals surface area contributed by atoms with Gasteiger partial charge in [-0.25, -0.2) is 4.98 Å². The molecule has 0 atom stereocenters. The Bertz CT molecular complexity index is 555. The minimum absolute atomic E-state index is 0.376. The zero-order valence-corrected chi connectivity index (χ0v) is 11.7. The molecule has 0 saturated carbocycles. The summed E-state index contributed by atoms with van der Waals surface area (Å²) in [5.41, 5.74) is 4.14. The second-order valence-electron chi connectivity index (χ2n) is 5.08. The van der Waals surface area contributed by atoms with Crippen LogP contribution < -0.4 is 0 Å². The van der Waals surface area contributed by atoms with E-state index in [4.69, 9.17) is 16.0 Å². The topological polar surface area (TPSA) is 26.0 Å². The maximum atomic E-state index is 6.38. The molecule has 1 aromatic carbocycles. The fraction of sp³-hybridized carbons (Fsp3) is 0.500. The molecule has 17 heavy (non-hydrogen) atoms. The molecule has 3 heteroatoms. The third-order valence-electron chi connectivity index (χ3n) is 2.97. The van der Waals surface area contributed by atoms with E-state index >= 15 is 0 Å². The molecule has 0 aliphatic carbocycles. The van der Waals surface area contributed by atoms with Crippen molar-refractivity contribution in [1.82, 2.24) is 4.98 Å². The molecule has 0 fully saturated rings. The Labute approximate surface area is 107 Å². The van der Waals surface area contributed by atoms with Crippen LogP contribution in [0.4, 0.5) is 0 Å². The molecule has 2 rings (SSSR count). The maximum Gasteiger partial charge on any atom is 0.192 e. The number of benzene rings is 1. The highest BCUT2D eigenvalue weighted by molar-refractivity contribution is 6.32. The van der Waals surface area contributed by atoms with Crippen LogP contribution in [-0.2, 0) is 0 Å². The van der Waals surface area contributed by atoms with Crippen molar-refractivity contribution in [3.05, 3.63) is 28.1 Å². The van der Waals surface area contributed by atoms with Crippen molar-refractivity contribution in [2.45, 2.75) is 46.5 Å².